The van der Waals surface area contributed by atoms with Gasteiger partial charge in [0.2, 0.25) is 5.54 Å². The molecule has 0 aromatic heterocycles. The minimum Gasteiger partial charge on any atom is -0.310 e. The Morgan fingerprint density at radius 3 is 2.64 bits per heavy atom. The van der Waals surface area contributed by atoms with Crippen LogP contribution in [-0.4, -0.2) is 5.54 Å². The molecule has 1 heteroatoms. The summed E-state index contributed by atoms with van der Waals surface area (Å²) < 4.78 is 0. The minimum atomic E-state index is -0.0623. The molecule has 0 N–H and O–H groups in total. The molecule has 0 heterocycles. The maximum absolute atomic E-state index is 7.82. The molecule has 0 radical (unpaired) electrons. The van der Waals surface area contributed by atoms with Crippen LogP contribution in [0.2, 0.25) is 0 Å². The van der Waals surface area contributed by atoms with Crippen molar-refractivity contribution >= 4 is 0 Å². The zero-order valence-electron chi connectivity index (χ0n) is 14.7. The van der Waals surface area contributed by atoms with Gasteiger partial charge in [-0.1, -0.05) is 25.5 Å². The van der Waals surface area contributed by atoms with E-state index in [1.165, 1.54) is 25.7 Å². The lowest BCUT2D eigenvalue weighted by atomic mass is 9.43. The summed E-state index contributed by atoms with van der Waals surface area (Å²) in [6.45, 7) is 17.4. The van der Waals surface area contributed by atoms with Gasteiger partial charge >= 0.3 is 0 Å². The SMILES string of the molecule is [C-]#[N+][C@@]1(C)CC[C@H]2[C@H]3[C@H]4[C@H](CC[C@@H]31)[C@H](C)C(C)=C[C@@H]4C[C@@H]2C. The Morgan fingerprint density at radius 2 is 1.91 bits per heavy atom. The van der Waals surface area contributed by atoms with Gasteiger partial charge in [0.15, 0.2) is 0 Å². The van der Waals surface area contributed by atoms with Gasteiger partial charge < -0.3 is 4.85 Å². The Morgan fingerprint density at radius 1 is 1.14 bits per heavy atom. The number of rotatable bonds is 0. The van der Waals surface area contributed by atoms with Crippen LogP contribution in [0.1, 0.15) is 59.8 Å². The number of hydrogen-bond acceptors (Lipinski definition) is 0. The lowest BCUT2D eigenvalue weighted by Gasteiger charge is -2.61. The summed E-state index contributed by atoms with van der Waals surface area (Å²) in [5.41, 5.74) is 1.59. The van der Waals surface area contributed by atoms with Crippen LogP contribution >= 0.6 is 0 Å². The van der Waals surface area contributed by atoms with Crippen molar-refractivity contribution in [3.8, 4) is 0 Å². The molecule has 0 bridgehead atoms. The van der Waals surface area contributed by atoms with Crippen molar-refractivity contribution in [3.63, 3.8) is 0 Å². The average molecular weight is 297 g/mol. The van der Waals surface area contributed by atoms with Crippen molar-refractivity contribution in [2.45, 2.75) is 65.3 Å². The third kappa shape index (κ3) is 1.82. The monoisotopic (exact) mass is 297 g/mol. The first-order valence-electron chi connectivity index (χ1n) is 9.53. The van der Waals surface area contributed by atoms with E-state index in [0.29, 0.717) is 5.92 Å². The maximum Gasteiger partial charge on any atom is 0.232 e. The number of nitrogens with zero attached hydrogens (tertiary/aromatic N) is 1. The van der Waals surface area contributed by atoms with Crippen LogP contribution in [0.3, 0.4) is 0 Å². The second-order valence-corrected chi connectivity index (χ2v) is 9.25. The van der Waals surface area contributed by atoms with Crippen molar-refractivity contribution in [2.75, 3.05) is 0 Å². The Labute approximate surface area is 136 Å². The van der Waals surface area contributed by atoms with Gasteiger partial charge in [-0.05, 0) is 74.0 Å². The molecule has 0 amide bonds. The fourth-order valence-corrected chi connectivity index (χ4v) is 7.21. The molecule has 4 aliphatic carbocycles. The number of hydrogen-bond donors (Lipinski definition) is 0. The van der Waals surface area contributed by atoms with E-state index in [0.717, 1.165) is 47.8 Å². The lowest BCUT2D eigenvalue weighted by Crippen LogP contribution is -2.58. The quantitative estimate of drug-likeness (QED) is 0.406. The Bertz CT molecular complexity index is 541. The Hall–Kier alpha value is -0.770. The van der Waals surface area contributed by atoms with Gasteiger partial charge in [0.05, 0.1) is 0 Å². The summed E-state index contributed by atoms with van der Waals surface area (Å²) in [6.07, 6.45) is 9.21. The van der Waals surface area contributed by atoms with E-state index in [1.807, 2.05) is 0 Å². The smallest absolute Gasteiger partial charge is 0.232 e. The Balaban J connectivity index is 1.78. The van der Waals surface area contributed by atoms with E-state index in [4.69, 9.17) is 6.57 Å². The first-order valence-corrected chi connectivity index (χ1v) is 9.53. The van der Waals surface area contributed by atoms with Crippen LogP contribution in [0.15, 0.2) is 11.6 Å². The molecule has 3 saturated carbocycles. The van der Waals surface area contributed by atoms with Gasteiger partial charge in [-0.3, -0.25) is 0 Å². The van der Waals surface area contributed by atoms with Crippen molar-refractivity contribution in [1.29, 1.82) is 0 Å². The molecule has 22 heavy (non-hydrogen) atoms. The molecule has 0 aromatic rings. The van der Waals surface area contributed by atoms with Crippen molar-refractivity contribution < 1.29 is 0 Å². The third-order valence-electron chi connectivity index (χ3n) is 8.45. The van der Waals surface area contributed by atoms with Crippen LogP contribution in [0.25, 0.3) is 4.85 Å². The number of allylic oxidation sites excluding steroid dienone is 2. The summed E-state index contributed by atoms with van der Waals surface area (Å²) in [6, 6.07) is 0. The van der Waals surface area contributed by atoms with Crippen LogP contribution in [0, 0.1) is 53.9 Å². The maximum atomic E-state index is 7.82. The van der Waals surface area contributed by atoms with Gasteiger partial charge in [0, 0.05) is 19.3 Å². The normalized spacial score (nSPS) is 56.6. The lowest BCUT2D eigenvalue weighted by molar-refractivity contribution is -0.101. The molecule has 3 fully saturated rings. The molecule has 0 aromatic carbocycles. The van der Waals surface area contributed by atoms with Crippen molar-refractivity contribution in [2.24, 2.45) is 47.3 Å². The summed E-state index contributed by atoms with van der Waals surface area (Å²) in [5.74, 6) is 6.66. The van der Waals surface area contributed by atoms with Gasteiger partial charge in [-0.2, -0.15) is 0 Å². The van der Waals surface area contributed by atoms with Crippen LogP contribution in [0.5, 0.6) is 0 Å². The largest absolute Gasteiger partial charge is 0.310 e. The molecule has 0 aliphatic heterocycles. The second kappa shape index (κ2) is 4.86. The summed E-state index contributed by atoms with van der Waals surface area (Å²) in [7, 11) is 0. The summed E-state index contributed by atoms with van der Waals surface area (Å²) >= 11 is 0. The zero-order valence-corrected chi connectivity index (χ0v) is 14.7. The van der Waals surface area contributed by atoms with Crippen LogP contribution < -0.4 is 0 Å². The predicted octanol–water partition coefficient (Wildman–Crippen LogP) is 5.58. The van der Waals surface area contributed by atoms with Crippen LogP contribution in [0.4, 0.5) is 0 Å². The highest BCUT2D eigenvalue weighted by Gasteiger charge is 2.61. The molecule has 120 valence electrons. The van der Waals surface area contributed by atoms with Gasteiger partial charge in [0.1, 0.15) is 0 Å². The second-order valence-electron chi connectivity index (χ2n) is 9.25. The topological polar surface area (TPSA) is 4.36 Å². The molecule has 1 nitrogen and oxygen atoms in total. The van der Waals surface area contributed by atoms with Gasteiger partial charge in [0.25, 0.3) is 0 Å². The fourth-order valence-electron chi connectivity index (χ4n) is 7.21. The first kappa shape index (κ1) is 14.8. The molecule has 0 saturated heterocycles. The third-order valence-corrected chi connectivity index (χ3v) is 8.45. The fraction of sp³-hybridized carbons (Fsp3) is 0.857. The predicted molar refractivity (Wildman–Crippen MR) is 91.1 cm³/mol. The summed E-state index contributed by atoms with van der Waals surface area (Å²) in [5, 5.41) is 0. The highest BCUT2D eigenvalue weighted by atomic mass is 14.8. The van der Waals surface area contributed by atoms with E-state index in [9.17, 15) is 0 Å². The van der Waals surface area contributed by atoms with Crippen molar-refractivity contribution in [1.82, 2.24) is 0 Å². The van der Waals surface area contributed by atoms with E-state index >= 15 is 0 Å². The standard InChI is InChI=1S/C21H31N/c1-12-10-15-11-13(2)16-8-9-21(4,22-5)18-7-6-17(14(12)3)19(15)20(16)18/h10,13-20H,6-9,11H2,1-4H3/t13-,14+,15+,16+,17+,18-,19+,20+,21-/m0/s1. The van der Waals surface area contributed by atoms with E-state index in [2.05, 4.69) is 38.6 Å². The molecule has 0 spiro atoms. The average Bonchev–Trinajstić information content (AvgIpc) is 2.51. The van der Waals surface area contributed by atoms with Crippen LogP contribution in [-0.2, 0) is 0 Å². The van der Waals surface area contributed by atoms with Gasteiger partial charge in [-0.15, -0.1) is 0 Å². The first-order chi connectivity index (χ1) is 10.5. The molecular weight excluding hydrogens is 266 g/mol. The Kier molecular flexibility index (Phi) is 3.27. The highest BCUT2D eigenvalue weighted by molar-refractivity contribution is 5.21. The van der Waals surface area contributed by atoms with E-state index in [1.54, 1.807) is 5.57 Å². The molecule has 0 unspecified atom stereocenters. The molecule has 4 rings (SSSR count). The van der Waals surface area contributed by atoms with E-state index < -0.39 is 0 Å². The molecule has 9 atom stereocenters. The summed E-state index contributed by atoms with van der Waals surface area (Å²) in [4.78, 5) is 4.18. The highest BCUT2D eigenvalue weighted by Crippen LogP contribution is 2.64. The zero-order chi connectivity index (χ0) is 15.6. The molecular formula is C21H31N. The molecule has 4 aliphatic rings. The van der Waals surface area contributed by atoms with Crippen molar-refractivity contribution in [3.05, 3.63) is 23.1 Å². The van der Waals surface area contributed by atoms with E-state index in [-0.39, 0.29) is 5.54 Å². The minimum absolute atomic E-state index is 0.0623. The van der Waals surface area contributed by atoms with Gasteiger partial charge in [-0.25, -0.2) is 6.57 Å².